The second-order valence-corrected chi connectivity index (χ2v) is 5.49. The summed E-state index contributed by atoms with van der Waals surface area (Å²) in [7, 11) is 0. The van der Waals surface area contributed by atoms with Crippen molar-refractivity contribution in [2.75, 3.05) is 0 Å². The highest BCUT2D eigenvalue weighted by Gasteiger charge is 2.31. The van der Waals surface area contributed by atoms with Gasteiger partial charge >= 0.3 is 0 Å². The van der Waals surface area contributed by atoms with Crippen LogP contribution in [0.5, 0.6) is 0 Å². The second-order valence-electron chi connectivity index (χ2n) is 5.49. The Morgan fingerprint density at radius 2 is 1.81 bits per heavy atom. The molecule has 1 saturated carbocycles. The van der Waals surface area contributed by atoms with E-state index in [0.717, 1.165) is 25.7 Å². The molecule has 0 bridgehead atoms. The van der Waals surface area contributed by atoms with Gasteiger partial charge in [0.05, 0.1) is 0 Å². The van der Waals surface area contributed by atoms with Crippen LogP contribution in [0.2, 0.25) is 0 Å². The first-order valence-electron chi connectivity index (χ1n) is 6.18. The normalized spacial score (nSPS) is 25.1. The molecule has 1 aromatic rings. The van der Waals surface area contributed by atoms with Gasteiger partial charge in [-0.05, 0) is 30.7 Å². The van der Waals surface area contributed by atoms with Crippen molar-refractivity contribution < 1.29 is 4.79 Å². The largest absolute Gasteiger partial charge is 0.299 e. The predicted molar refractivity (Wildman–Crippen MR) is 66.4 cm³/mol. The summed E-state index contributed by atoms with van der Waals surface area (Å²) in [5.41, 5.74) is 1.29. The van der Waals surface area contributed by atoms with Gasteiger partial charge in [0.1, 0.15) is 5.78 Å². The zero-order chi connectivity index (χ0) is 11.6. The van der Waals surface area contributed by atoms with Crippen LogP contribution in [0.25, 0.3) is 0 Å². The van der Waals surface area contributed by atoms with E-state index in [1.165, 1.54) is 5.56 Å². The molecule has 1 atom stereocenters. The van der Waals surface area contributed by atoms with Crippen molar-refractivity contribution >= 4 is 5.78 Å². The highest BCUT2D eigenvalue weighted by Crippen LogP contribution is 2.37. The van der Waals surface area contributed by atoms with E-state index in [4.69, 9.17) is 0 Å². The Kier molecular flexibility index (Phi) is 3.13. The molecule has 0 saturated heterocycles. The monoisotopic (exact) mass is 216 g/mol. The van der Waals surface area contributed by atoms with Gasteiger partial charge in [0.25, 0.3) is 0 Å². The van der Waals surface area contributed by atoms with Gasteiger partial charge in [0, 0.05) is 11.8 Å². The molecule has 16 heavy (non-hydrogen) atoms. The molecule has 0 radical (unpaired) electrons. The molecule has 0 heterocycles. The highest BCUT2D eigenvalue weighted by atomic mass is 16.1. The second kappa shape index (κ2) is 4.40. The van der Waals surface area contributed by atoms with Gasteiger partial charge in [-0.3, -0.25) is 4.79 Å². The first-order chi connectivity index (χ1) is 7.59. The number of carbonyl (C=O) groups excluding carboxylic acids is 1. The van der Waals surface area contributed by atoms with Crippen LogP contribution in [0.4, 0.5) is 0 Å². The van der Waals surface area contributed by atoms with E-state index in [9.17, 15) is 4.79 Å². The number of rotatable bonds is 1. The highest BCUT2D eigenvalue weighted by molar-refractivity contribution is 5.84. The summed E-state index contributed by atoms with van der Waals surface area (Å²) < 4.78 is 0. The summed E-state index contributed by atoms with van der Waals surface area (Å²) in [5, 5.41) is 0. The molecule has 86 valence electrons. The van der Waals surface area contributed by atoms with Crippen molar-refractivity contribution in [3.8, 4) is 0 Å². The molecule has 1 unspecified atom stereocenters. The van der Waals surface area contributed by atoms with Gasteiger partial charge in [-0.15, -0.1) is 0 Å². The van der Waals surface area contributed by atoms with Crippen molar-refractivity contribution in [2.24, 2.45) is 5.41 Å². The number of Topliss-reactive ketones (excluding diaryl/α,β-unsaturated/α-hetero) is 1. The van der Waals surface area contributed by atoms with Crippen LogP contribution in [0.1, 0.15) is 51.0 Å². The van der Waals surface area contributed by atoms with E-state index in [1.54, 1.807) is 0 Å². The number of benzene rings is 1. The third-order valence-electron chi connectivity index (χ3n) is 3.86. The molecule has 0 N–H and O–H groups in total. The fourth-order valence-corrected chi connectivity index (χ4v) is 2.52. The van der Waals surface area contributed by atoms with Gasteiger partial charge < -0.3 is 0 Å². The molecule has 1 fully saturated rings. The lowest BCUT2D eigenvalue weighted by atomic mass is 9.83. The first kappa shape index (κ1) is 11.4. The summed E-state index contributed by atoms with van der Waals surface area (Å²) in [4.78, 5) is 11.9. The maximum Gasteiger partial charge on any atom is 0.138 e. The molecule has 0 aromatic heterocycles. The standard InChI is InChI=1S/C15H20O/c1-15(2)11-10-13(8-9-14(15)16)12-6-4-3-5-7-12/h3-7,13H,8-11H2,1-2H3. The molecular weight excluding hydrogens is 196 g/mol. The maximum absolute atomic E-state index is 11.9. The van der Waals surface area contributed by atoms with Crippen LogP contribution < -0.4 is 0 Å². The molecule has 1 heteroatoms. The molecule has 2 rings (SSSR count). The molecule has 0 amide bonds. The van der Waals surface area contributed by atoms with E-state index in [-0.39, 0.29) is 5.41 Å². The lowest BCUT2D eigenvalue weighted by Gasteiger charge is -2.20. The molecular formula is C15H20O. The Bertz CT molecular complexity index is 364. The topological polar surface area (TPSA) is 17.1 Å². The summed E-state index contributed by atoms with van der Waals surface area (Å²) in [6.07, 6.45) is 3.92. The van der Waals surface area contributed by atoms with Crippen LogP contribution in [0, 0.1) is 5.41 Å². The predicted octanol–water partition coefficient (Wildman–Crippen LogP) is 3.94. The van der Waals surface area contributed by atoms with Crippen LogP contribution in [0.15, 0.2) is 30.3 Å². The van der Waals surface area contributed by atoms with Gasteiger partial charge in [-0.25, -0.2) is 0 Å². The zero-order valence-electron chi connectivity index (χ0n) is 10.2. The third kappa shape index (κ3) is 2.34. The minimum Gasteiger partial charge on any atom is -0.299 e. The fraction of sp³-hybridized carbons (Fsp3) is 0.533. The molecule has 0 spiro atoms. The lowest BCUT2D eigenvalue weighted by Crippen LogP contribution is -2.21. The smallest absolute Gasteiger partial charge is 0.138 e. The van der Waals surface area contributed by atoms with Crippen molar-refractivity contribution in [1.82, 2.24) is 0 Å². The molecule has 1 aromatic carbocycles. The van der Waals surface area contributed by atoms with Crippen molar-refractivity contribution in [2.45, 2.75) is 45.4 Å². The summed E-state index contributed by atoms with van der Waals surface area (Å²) in [6, 6.07) is 10.6. The van der Waals surface area contributed by atoms with Crippen LogP contribution in [-0.4, -0.2) is 5.78 Å². The zero-order valence-corrected chi connectivity index (χ0v) is 10.2. The molecule has 1 aliphatic rings. The van der Waals surface area contributed by atoms with E-state index in [2.05, 4.69) is 44.2 Å². The van der Waals surface area contributed by atoms with E-state index < -0.39 is 0 Å². The Morgan fingerprint density at radius 3 is 2.50 bits per heavy atom. The van der Waals surface area contributed by atoms with Crippen LogP contribution >= 0.6 is 0 Å². The van der Waals surface area contributed by atoms with E-state index in [0.29, 0.717) is 11.7 Å². The van der Waals surface area contributed by atoms with Crippen molar-refractivity contribution in [3.05, 3.63) is 35.9 Å². The average Bonchev–Trinajstić information content (AvgIpc) is 2.41. The van der Waals surface area contributed by atoms with E-state index in [1.807, 2.05) is 0 Å². The van der Waals surface area contributed by atoms with E-state index >= 15 is 0 Å². The molecule has 1 aliphatic carbocycles. The van der Waals surface area contributed by atoms with Crippen molar-refractivity contribution in [1.29, 1.82) is 0 Å². The Labute approximate surface area is 97.9 Å². The number of ketones is 1. The Balaban J connectivity index is 2.13. The minimum absolute atomic E-state index is 0.108. The Hall–Kier alpha value is -1.11. The van der Waals surface area contributed by atoms with Gasteiger partial charge in [0.2, 0.25) is 0 Å². The summed E-state index contributed by atoms with van der Waals surface area (Å²) in [5.74, 6) is 1.01. The SMILES string of the molecule is CC1(C)CCC(c2ccccc2)CCC1=O. The summed E-state index contributed by atoms with van der Waals surface area (Å²) >= 11 is 0. The average molecular weight is 216 g/mol. The maximum atomic E-state index is 11.9. The third-order valence-corrected chi connectivity index (χ3v) is 3.86. The fourth-order valence-electron chi connectivity index (χ4n) is 2.52. The van der Waals surface area contributed by atoms with Gasteiger partial charge in [-0.1, -0.05) is 44.2 Å². The van der Waals surface area contributed by atoms with Crippen LogP contribution in [0.3, 0.4) is 0 Å². The van der Waals surface area contributed by atoms with Gasteiger partial charge in [-0.2, -0.15) is 0 Å². The number of hydrogen-bond donors (Lipinski definition) is 0. The molecule has 1 nitrogen and oxygen atoms in total. The number of hydrogen-bond acceptors (Lipinski definition) is 1. The molecule has 0 aliphatic heterocycles. The lowest BCUT2D eigenvalue weighted by molar-refractivity contribution is -0.126. The number of carbonyl (C=O) groups is 1. The summed E-state index contributed by atoms with van der Waals surface area (Å²) in [6.45, 7) is 4.17. The minimum atomic E-state index is -0.108. The Morgan fingerprint density at radius 1 is 1.12 bits per heavy atom. The quantitative estimate of drug-likeness (QED) is 0.650. The van der Waals surface area contributed by atoms with Crippen molar-refractivity contribution in [3.63, 3.8) is 0 Å². The van der Waals surface area contributed by atoms with Crippen LogP contribution in [-0.2, 0) is 4.79 Å². The first-order valence-corrected chi connectivity index (χ1v) is 6.18. The van der Waals surface area contributed by atoms with Gasteiger partial charge in [0.15, 0.2) is 0 Å².